The summed E-state index contributed by atoms with van der Waals surface area (Å²) < 4.78 is 8.47. The van der Waals surface area contributed by atoms with E-state index in [-0.39, 0.29) is 0 Å². The Kier molecular flexibility index (Phi) is 3.26. The van der Waals surface area contributed by atoms with E-state index in [9.17, 15) is 0 Å². The maximum Gasteiger partial charge on any atom is 0.195 e. The molecule has 0 radical (unpaired) electrons. The Bertz CT molecular complexity index is 1010. The number of thiazole rings is 1. The van der Waals surface area contributed by atoms with Crippen molar-refractivity contribution in [1.29, 1.82) is 0 Å². The van der Waals surface area contributed by atoms with Crippen LogP contribution >= 0.6 is 34.5 Å². The van der Waals surface area contributed by atoms with Crippen LogP contribution in [0.2, 0.25) is 10.0 Å². The second kappa shape index (κ2) is 5.16. The van der Waals surface area contributed by atoms with E-state index in [2.05, 4.69) is 9.38 Å². The molecule has 0 amide bonds. The minimum Gasteiger partial charge on any atom is -0.497 e. The van der Waals surface area contributed by atoms with Crippen LogP contribution in [0.3, 0.4) is 0 Å². The summed E-state index contributed by atoms with van der Waals surface area (Å²) in [6.07, 6.45) is 2.00. The number of halogens is 2. The molecule has 0 aliphatic rings. The standard InChI is InChI=1S/C16H10Cl2N2OS/c1-21-10-3-5-14-15(7-10)22-16-19-13(8-20(14)16)11-4-2-9(17)6-12(11)18/h2-8H,1H3. The van der Waals surface area contributed by atoms with E-state index >= 15 is 0 Å². The average Bonchev–Trinajstić information content (AvgIpc) is 3.03. The smallest absolute Gasteiger partial charge is 0.195 e. The zero-order chi connectivity index (χ0) is 15.3. The number of aromatic nitrogens is 2. The molecule has 4 aromatic rings. The molecule has 2 heterocycles. The highest BCUT2D eigenvalue weighted by atomic mass is 35.5. The van der Waals surface area contributed by atoms with Crippen molar-refractivity contribution in [3.8, 4) is 17.0 Å². The molecule has 0 atom stereocenters. The van der Waals surface area contributed by atoms with E-state index in [1.165, 1.54) is 0 Å². The van der Waals surface area contributed by atoms with E-state index < -0.39 is 0 Å². The van der Waals surface area contributed by atoms with Gasteiger partial charge in [0.15, 0.2) is 4.96 Å². The molecule has 0 aliphatic heterocycles. The molecule has 0 fully saturated rings. The molecule has 4 rings (SSSR count). The SMILES string of the molecule is COc1ccc2c(c1)sc1nc(-c3ccc(Cl)cc3Cl)cn12. The van der Waals surface area contributed by atoms with Gasteiger partial charge in [0.05, 0.1) is 28.0 Å². The van der Waals surface area contributed by atoms with Crippen LogP contribution in [0.25, 0.3) is 26.4 Å². The zero-order valence-corrected chi connectivity index (χ0v) is 13.8. The van der Waals surface area contributed by atoms with Crippen molar-refractivity contribution in [3.05, 3.63) is 52.6 Å². The van der Waals surface area contributed by atoms with Gasteiger partial charge < -0.3 is 4.74 Å². The fourth-order valence-corrected chi connectivity index (χ4v) is 3.98. The van der Waals surface area contributed by atoms with Gasteiger partial charge in [-0.2, -0.15) is 0 Å². The topological polar surface area (TPSA) is 26.5 Å². The second-order valence-corrected chi connectivity index (χ2v) is 6.69. The van der Waals surface area contributed by atoms with Crippen LogP contribution in [0.15, 0.2) is 42.6 Å². The van der Waals surface area contributed by atoms with Gasteiger partial charge in [-0.05, 0) is 36.4 Å². The van der Waals surface area contributed by atoms with Crippen molar-refractivity contribution in [2.45, 2.75) is 0 Å². The molecule has 0 aliphatic carbocycles. The first-order chi connectivity index (χ1) is 10.7. The van der Waals surface area contributed by atoms with Gasteiger partial charge in [-0.3, -0.25) is 4.40 Å². The molecule has 0 spiro atoms. The average molecular weight is 349 g/mol. The third-order valence-corrected chi connectivity index (χ3v) is 5.07. The van der Waals surface area contributed by atoms with E-state index in [1.807, 2.05) is 36.5 Å². The van der Waals surface area contributed by atoms with Crippen LogP contribution in [0.1, 0.15) is 0 Å². The Morgan fingerprint density at radius 3 is 2.77 bits per heavy atom. The molecular formula is C16H10Cl2N2OS. The fraction of sp³-hybridized carbons (Fsp3) is 0.0625. The third kappa shape index (κ3) is 2.15. The van der Waals surface area contributed by atoms with Crippen molar-refractivity contribution in [3.63, 3.8) is 0 Å². The molecule has 22 heavy (non-hydrogen) atoms. The quantitative estimate of drug-likeness (QED) is 0.476. The Hall–Kier alpha value is -1.75. The lowest BCUT2D eigenvalue weighted by Gasteiger charge is -2.01. The molecule has 3 nitrogen and oxygen atoms in total. The highest BCUT2D eigenvalue weighted by molar-refractivity contribution is 7.23. The van der Waals surface area contributed by atoms with Gasteiger partial charge in [0.1, 0.15) is 5.75 Å². The Morgan fingerprint density at radius 2 is 2.00 bits per heavy atom. The molecule has 0 saturated carbocycles. The molecular weight excluding hydrogens is 339 g/mol. The summed E-state index contributed by atoms with van der Waals surface area (Å²) in [5, 5.41) is 1.22. The third-order valence-electron chi connectivity index (χ3n) is 3.51. The summed E-state index contributed by atoms with van der Waals surface area (Å²) in [6, 6.07) is 11.4. The Morgan fingerprint density at radius 1 is 1.14 bits per heavy atom. The first-order valence-corrected chi connectivity index (χ1v) is 8.14. The lowest BCUT2D eigenvalue weighted by molar-refractivity contribution is 0.415. The number of imidazole rings is 1. The maximum absolute atomic E-state index is 6.27. The highest BCUT2D eigenvalue weighted by Gasteiger charge is 2.13. The van der Waals surface area contributed by atoms with E-state index in [0.717, 1.165) is 32.2 Å². The summed E-state index contributed by atoms with van der Waals surface area (Å²) in [4.78, 5) is 5.60. The van der Waals surface area contributed by atoms with Crippen molar-refractivity contribution in [2.24, 2.45) is 0 Å². The summed E-state index contributed by atoms with van der Waals surface area (Å²) in [5.41, 5.74) is 2.82. The molecule has 0 N–H and O–H groups in total. The lowest BCUT2D eigenvalue weighted by Crippen LogP contribution is -1.82. The number of nitrogens with zero attached hydrogens (tertiary/aromatic N) is 2. The number of ether oxygens (including phenoxy) is 1. The predicted octanol–water partition coefficient (Wildman–Crippen LogP) is 5.53. The molecule has 6 heteroatoms. The summed E-state index contributed by atoms with van der Waals surface area (Å²) in [7, 11) is 1.67. The summed E-state index contributed by atoms with van der Waals surface area (Å²) >= 11 is 13.8. The molecule has 0 saturated heterocycles. The van der Waals surface area contributed by atoms with Crippen molar-refractivity contribution in [1.82, 2.24) is 9.38 Å². The molecule has 0 unspecified atom stereocenters. The Balaban J connectivity index is 1.91. The highest BCUT2D eigenvalue weighted by Crippen LogP contribution is 2.34. The number of fused-ring (bicyclic) bond motifs is 3. The summed E-state index contributed by atoms with van der Waals surface area (Å²) in [6.45, 7) is 0. The Labute approximate surface area is 140 Å². The van der Waals surface area contributed by atoms with Gasteiger partial charge in [0, 0.05) is 16.8 Å². The first kappa shape index (κ1) is 13.9. The normalized spacial score (nSPS) is 11.4. The van der Waals surface area contributed by atoms with Crippen molar-refractivity contribution >= 4 is 49.7 Å². The van der Waals surface area contributed by atoms with Crippen molar-refractivity contribution in [2.75, 3.05) is 7.11 Å². The van der Waals surface area contributed by atoms with Crippen LogP contribution in [0, 0.1) is 0 Å². The maximum atomic E-state index is 6.27. The first-order valence-electron chi connectivity index (χ1n) is 6.57. The number of rotatable bonds is 2. The minimum atomic E-state index is 0.601. The van der Waals surface area contributed by atoms with Gasteiger partial charge in [-0.15, -0.1) is 0 Å². The van der Waals surface area contributed by atoms with E-state index in [4.69, 9.17) is 27.9 Å². The van der Waals surface area contributed by atoms with Crippen LogP contribution in [-0.4, -0.2) is 16.5 Å². The van der Waals surface area contributed by atoms with E-state index in [1.54, 1.807) is 24.5 Å². The summed E-state index contributed by atoms with van der Waals surface area (Å²) in [5.74, 6) is 0.845. The van der Waals surface area contributed by atoms with Crippen LogP contribution < -0.4 is 4.74 Å². The van der Waals surface area contributed by atoms with Gasteiger partial charge in [0.2, 0.25) is 0 Å². The van der Waals surface area contributed by atoms with Crippen molar-refractivity contribution < 1.29 is 4.74 Å². The number of hydrogen-bond donors (Lipinski definition) is 0. The van der Waals surface area contributed by atoms with Crippen LogP contribution in [0.4, 0.5) is 0 Å². The molecule has 2 aromatic heterocycles. The largest absolute Gasteiger partial charge is 0.497 e. The lowest BCUT2D eigenvalue weighted by atomic mass is 10.2. The van der Waals surface area contributed by atoms with Gasteiger partial charge >= 0.3 is 0 Å². The monoisotopic (exact) mass is 348 g/mol. The molecule has 0 bridgehead atoms. The number of hydrogen-bond acceptors (Lipinski definition) is 3. The zero-order valence-electron chi connectivity index (χ0n) is 11.5. The predicted molar refractivity (Wildman–Crippen MR) is 92.6 cm³/mol. The second-order valence-electron chi connectivity index (χ2n) is 4.84. The molecule has 2 aromatic carbocycles. The van der Waals surface area contributed by atoms with Gasteiger partial charge in [0.25, 0.3) is 0 Å². The minimum absolute atomic E-state index is 0.601. The fourth-order valence-electron chi connectivity index (χ4n) is 2.44. The van der Waals surface area contributed by atoms with Gasteiger partial charge in [-0.25, -0.2) is 4.98 Å². The number of methoxy groups -OCH3 is 1. The molecule has 110 valence electrons. The van der Waals surface area contributed by atoms with E-state index in [0.29, 0.717) is 10.0 Å². The van der Waals surface area contributed by atoms with Gasteiger partial charge in [-0.1, -0.05) is 34.5 Å². The van der Waals surface area contributed by atoms with Crippen LogP contribution in [0.5, 0.6) is 5.75 Å². The number of benzene rings is 2. The van der Waals surface area contributed by atoms with Crippen LogP contribution in [-0.2, 0) is 0 Å².